The van der Waals surface area contributed by atoms with Gasteiger partial charge in [-0.25, -0.2) is 0 Å². The van der Waals surface area contributed by atoms with E-state index in [2.05, 4.69) is 15.9 Å². The molecule has 2 aromatic rings. The Morgan fingerprint density at radius 2 is 2.05 bits per heavy atom. The lowest BCUT2D eigenvalue weighted by molar-refractivity contribution is 0.412. The quantitative estimate of drug-likeness (QED) is 0.853. The molecule has 0 spiro atoms. The standard InChI is InChI=1S/C15H16BrNO2S/c1-10-13(17)4-3-5-15(10)20(18)9-11-6-7-14(19-2)12(16)8-11/h3-8H,9,17H2,1-2H3. The molecule has 106 valence electrons. The molecule has 2 N–H and O–H groups in total. The van der Waals surface area contributed by atoms with Gasteiger partial charge >= 0.3 is 0 Å². The number of nitrogens with two attached hydrogens (primary N) is 1. The van der Waals surface area contributed by atoms with Crippen molar-refractivity contribution < 1.29 is 8.95 Å². The summed E-state index contributed by atoms with van der Waals surface area (Å²) in [4.78, 5) is 0.789. The van der Waals surface area contributed by atoms with Crippen LogP contribution in [0.1, 0.15) is 11.1 Å². The molecule has 2 rings (SSSR count). The molecule has 0 saturated carbocycles. The van der Waals surface area contributed by atoms with Gasteiger partial charge in [-0.3, -0.25) is 4.21 Å². The first kappa shape index (κ1) is 15.1. The molecule has 3 nitrogen and oxygen atoms in total. The van der Waals surface area contributed by atoms with E-state index in [4.69, 9.17) is 10.5 Å². The van der Waals surface area contributed by atoms with E-state index in [1.807, 2.05) is 43.3 Å². The van der Waals surface area contributed by atoms with Crippen molar-refractivity contribution in [2.24, 2.45) is 0 Å². The number of anilines is 1. The van der Waals surface area contributed by atoms with Gasteiger partial charge in [0.15, 0.2) is 0 Å². The third kappa shape index (κ3) is 3.22. The summed E-state index contributed by atoms with van der Waals surface area (Å²) in [6, 6.07) is 11.2. The SMILES string of the molecule is COc1ccc(CS(=O)c2cccc(N)c2C)cc1Br. The van der Waals surface area contributed by atoms with E-state index in [1.165, 1.54) is 0 Å². The summed E-state index contributed by atoms with van der Waals surface area (Å²) in [5.41, 5.74) is 8.40. The highest BCUT2D eigenvalue weighted by molar-refractivity contribution is 9.10. The Morgan fingerprint density at radius 3 is 2.70 bits per heavy atom. The van der Waals surface area contributed by atoms with Gasteiger partial charge in [0.1, 0.15) is 5.75 Å². The predicted octanol–water partition coefficient (Wildman–Crippen LogP) is 3.66. The Labute approximate surface area is 129 Å². The number of rotatable bonds is 4. The van der Waals surface area contributed by atoms with Crippen LogP contribution in [0.2, 0.25) is 0 Å². The maximum atomic E-state index is 12.5. The average Bonchev–Trinajstić information content (AvgIpc) is 2.42. The molecule has 1 unspecified atom stereocenters. The molecule has 0 aliphatic rings. The van der Waals surface area contributed by atoms with Crippen LogP contribution in [0.3, 0.4) is 0 Å². The first-order chi connectivity index (χ1) is 9.52. The molecule has 20 heavy (non-hydrogen) atoms. The number of methoxy groups -OCH3 is 1. The average molecular weight is 354 g/mol. The van der Waals surface area contributed by atoms with Gasteiger partial charge in [-0.15, -0.1) is 0 Å². The summed E-state index contributed by atoms with van der Waals surface area (Å²) in [5, 5.41) is 0. The van der Waals surface area contributed by atoms with E-state index < -0.39 is 10.8 Å². The summed E-state index contributed by atoms with van der Waals surface area (Å²) in [7, 11) is 0.504. The number of hydrogen-bond donors (Lipinski definition) is 1. The lowest BCUT2D eigenvalue weighted by atomic mass is 10.2. The van der Waals surface area contributed by atoms with Crippen LogP contribution in [0, 0.1) is 6.92 Å². The van der Waals surface area contributed by atoms with Gasteiger partial charge in [-0.05, 0) is 58.2 Å². The van der Waals surface area contributed by atoms with Crippen LogP contribution >= 0.6 is 15.9 Å². The second-order valence-electron chi connectivity index (χ2n) is 4.43. The van der Waals surface area contributed by atoms with Gasteiger partial charge in [-0.1, -0.05) is 12.1 Å². The maximum Gasteiger partial charge on any atom is 0.133 e. The van der Waals surface area contributed by atoms with Gasteiger partial charge in [0.25, 0.3) is 0 Å². The summed E-state index contributed by atoms with van der Waals surface area (Å²) in [6.07, 6.45) is 0. The molecule has 0 aromatic heterocycles. The molecule has 0 radical (unpaired) electrons. The number of ether oxygens (including phenoxy) is 1. The fourth-order valence-electron chi connectivity index (χ4n) is 1.91. The molecule has 0 saturated heterocycles. The van der Waals surface area contributed by atoms with E-state index in [0.717, 1.165) is 26.2 Å². The minimum Gasteiger partial charge on any atom is -0.496 e. The van der Waals surface area contributed by atoms with Crippen molar-refractivity contribution in [3.05, 3.63) is 52.0 Å². The fourth-order valence-corrected chi connectivity index (χ4v) is 3.82. The minimum atomic E-state index is -1.11. The third-order valence-corrected chi connectivity index (χ3v) is 5.23. The summed E-state index contributed by atoms with van der Waals surface area (Å²) in [5.74, 6) is 1.21. The molecule has 0 fully saturated rings. The third-order valence-electron chi connectivity index (χ3n) is 3.09. The van der Waals surface area contributed by atoms with Crippen LogP contribution in [0.4, 0.5) is 5.69 Å². The Hall–Kier alpha value is -1.33. The molecule has 0 aliphatic carbocycles. The number of halogens is 1. The predicted molar refractivity (Wildman–Crippen MR) is 86.4 cm³/mol. The normalized spacial score (nSPS) is 12.2. The van der Waals surface area contributed by atoms with Crippen LogP contribution in [0.15, 0.2) is 45.8 Å². The van der Waals surface area contributed by atoms with Crippen LogP contribution < -0.4 is 10.5 Å². The first-order valence-corrected chi connectivity index (χ1v) is 8.20. The molecule has 2 aromatic carbocycles. The Bertz CT molecular complexity index is 658. The van der Waals surface area contributed by atoms with Crippen molar-refractivity contribution in [2.45, 2.75) is 17.6 Å². The van der Waals surface area contributed by atoms with Gasteiger partial charge in [0, 0.05) is 10.6 Å². The highest BCUT2D eigenvalue weighted by atomic mass is 79.9. The smallest absolute Gasteiger partial charge is 0.133 e. The van der Waals surface area contributed by atoms with Crippen LogP contribution in [0.5, 0.6) is 5.75 Å². The zero-order valence-corrected chi connectivity index (χ0v) is 13.8. The minimum absolute atomic E-state index is 0.451. The summed E-state index contributed by atoms with van der Waals surface area (Å²) in [6.45, 7) is 1.90. The summed E-state index contributed by atoms with van der Waals surface area (Å²) >= 11 is 3.44. The molecule has 0 heterocycles. The van der Waals surface area contributed by atoms with E-state index in [9.17, 15) is 4.21 Å². The van der Waals surface area contributed by atoms with E-state index >= 15 is 0 Å². The Kier molecular flexibility index (Phi) is 4.83. The summed E-state index contributed by atoms with van der Waals surface area (Å²) < 4.78 is 18.5. The highest BCUT2D eigenvalue weighted by Gasteiger charge is 2.11. The van der Waals surface area contributed by atoms with Gasteiger partial charge in [0.2, 0.25) is 0 Å². The van der Waals surface area contributed by atoms with Crippen molar-refractivity contribution in [2.75, 3.05) is 12.8 Å². The largest absolute Gasteiger partial charge is 0.496 e. The van der Waals surface area contributed by atoms with Crippen LogP contribution in [-0.2, 0) is 16.6 Å². The molecular weight excluding hydrogens is 338 g/mol. The molecule has 1 atom stereocenters. The number of benzene rings is 2. The van der Waals surface area contributed by atoms with Gasteiger partial charge in [0.05, 0.1) is 28.1 Å². The second-order valence-corrected chi connectivity index (χ2v) is 6.70. The van der Waals surface area contributed by atoms with Gasteiger partial charge < -0.3 is 10.5 Å². The Balaban J connectivity index is 2.24. The van der Waals surface area contributed by atoms with Crippen molar-refractivity contribution >= 4 is 32.4 Å². The van der Waals surface area contributed by atoms with Crippen molar-refractivity contribution in [3.8, 4) is 5.75 Å². The molecule has 0 amide bonds. The molecule has 0 bridgehead atoms. The monoisotopic (exact) mass is 353 g/mol. The van der Waals surface area contributed by atoms with E-state index in [0.29, 0.717) is 11.4 Å². The zero-order chi connectivity index (χ0) is 14.7. The lowest BCUT2D eigenvalue weighted by Gasteiger charge is -2.09. The van der Waals surface area contributed by atoms with Crippen molar-refractivity contribution in [1.82, 2.24) is 0 Å². The van der Waals surface area contributed by atoms with Crippen molar-refractivity contribution in [1.29, 1.82) is 0 Å². The van der Waals surface area contributed by atoms with Crippen LogP contribution in [0.25, 0.3) is 0 Å². The second kappa shape index (κ2) is 6.41. The molecule has 5 heteroatoms. The van der Waals surface area contributed by atoms with Crippen molar-refractivity contribution in [3.63, 3.8) is 0 Å². The fraction of sp³-hybridized carbons (Fsp3) is 0.200. The molecule has 0 aliphatic heterocycles. The number of hydrogen-bond acceptors (Lipinski definition) is 3. The zero-order valence-electron chi connectivity index (χ0n) is 11.4. The number of nitrogen functional groups attached to an aromatic ring is 1. The van der Waals surface area contributed by atoms with Gasteiger partial charge in [-0.2, -0.15) is 0 Å². The topological polar surface area (TPSA) is 52.3 Å². The highest BCUT2D eigenvalue weighted by Crippen LogP contribution is 2.27. The first-order valence-electron chi connectivity index (χ1n) is 6.09. The maximum absolute atomic E-state index is 12.5. The van der Waals surface area contributed by atoms with E-state index in [1.54, 1.807) is 7.11 Å². The van der Waals surface area contributed by atoms with E-state index in [-0.39, 0.29) is 0 Å². The lowest BCUT2D eigenvalue weighted by Crippen LogP contribution is -2.01. The van der Waals surface area contributed by atoms with Crippen LogP contribution in [-0.4, -0.2) is 11.3 Å². The molecular formula is C15H16BrNO2S. The Morgan fingerprint density at radius 1 is 1.30 bits per heavy atom.